The summed E-state index contributed by atoms with van der Waals surface area (Å²) in [6, 6.07) is 5.87. The summed E-state index contributed by atoms with van der Waals surface area (Å²) in [6.45, 7) is 10.4. The minimum Gasteiger partial charge on any atom is -0.404 e. The molecule has 1 atom stereocenters. The summed E-state index contributed by atoms with van der Waals surface area (Å²) in [6.07, 6.45) is 2.14. The average molecular weight is 314 g/mol. The number of hydrogen-bond donors (Lipinski definition) is 0. The largest absolute Gasteiger partial charge is 0.530 e. The molecule has 0 radical (unpaired) electrons. The second-order valence-electron chi connectivity index (χ2n) is 5.11. The SMILES string of the molecule is CCCC(C)c1cc(C)ccc1OP(=O)(OCC)OCC. The Bertz CT molecular complexity index is 477. The Morgan fingerprint density at radius 1 is 1.14 bits per heavy atom. The Morgan fingerprint density at radius 2 is 1.76 bits per heavy atom. The van der Waals surface area contributed by atoms with Crippen LogP contribution in [0.2, 0.25) is 0 Å². The molecule has 0 aliphatic heterocycles. The van der Waals surface area contributed by atoms with Gasteiger partial charge in [-0.25, -0.2) is 4.57 Å². The van der Waals surface area contributed by atoms with Crippen molar-refractivity contribution >= 4 is 7.82 Å². The van der Waals surface area contributed by atoms with Crippen molar-refractivity contribution in [2.45, 2.75) is 53.4 Å². The monoisotopic (exact) mass is 314 g/mol. The lowest BCUT2D eigenvalue weighted by molar-refractivity contribution is 0.167. The van der Waals surface area contributed by atoms with Gasteiger partial charge in [-0.05, 0) is 44.7 Å². The molecule has 21 heavy (non-hydrogen) atoms. The van der Waals surface area contributed by atoms with Gasteiger partial charge >= 0.3 is 7.82 Å². The average Bonchev–Trinajstić information content (AvgIpc) is 2.41. The number of phosphoric ester groups is 1. The van der Waals surface area contributed by atoms with Gasteiger partial charge in [0.2, 0.25) is 0 Å². The third-order valence-corrected chi connectivity index (χ3v) is 4.77. The summed E-state index contributed by atoms with van der Waals surface area (Å²) in [5, 5.41) is 0. The fraction of sp³-hybridized carbons (Fsp3) is 0.625. The summed E-state index contributed by atoms with van der Waals surface area (Å²) in [5.74, 6) is 0.924. The van der Waals surface area contributed by atoms with Crippen LogP contribution in [0.5, 0.6) is 5.75 Å². The second-order valence-corrected chi connectivity index (χ2v) is 6.70. The van der Waals surface area contributed by atoms with Crippen molar-refractivity contribution in [3.63, 3.8) is 0 Å². The van der Waals surface area contributed by atoms with Crippen LogP contribution in [0.1, 0.15) is 57.6 Å². The second kappa shape index (κ2) is 8.57. The van der Waals surface area contributed by atoms with Gasteiger partial charge in [0.15, 0.2) is 0 Å². The Labute approximate surface area is 128 Å². The number of benzene rings is 1. The molecule has 4 nitrogen and oxygen atoms in total. The first kappa shape index (κ1) is 18.2. The quantitative estimate of drug-likeness (QED) is 0.568. The standard InChI is InChI=1S/C16H27O4P/c1-6-9-14(5)15-12-13(4)10-11-16(15)20-21(17,18-7-2)19-8-3/h10-12,14H,6-9H2,1-5H3. The van der Waals surface area contributed by atoms with Crippen molar-refractivity contribution in [1.29, 1.82) is 0 Å². The molecular weight excluding hydrogens is 287 g/mol. The maximum absolute atomic E-state index is 12.5. The summed E-state index contributed by atoms with van der Waals surface area (Å²) >= 11 is 0. The lowest BCUT2D eigenvalue weighted by atomic mass is 9.94. The van der Waals surface area contributed by atoms with E-state index in [0.717, 1.165) is 24.0 Å². The van der Waals surface area contributed by atoms with Crippen molar-refractivity contribution in [1.82, 2.24) is 0 Å². The van der Waals surface area contributed by atoms with Crippen LogP contribution in [0.15, 0.2) is 18.2 Å². The molecule has 0 N–H and O–H groups in total. The van der Waals surface area contributed by atoms with Crippen LogP contribution in [-0.2, 0) is 13.6 Å². The topological polar surface area (TPSA) is 44.8 Å². The predicted octanol–water partition coefficient (Wildman–Crippen LogP) is 5.46. The third-order valence-electron chi connectivity index (χ3n) is 3.20. The van der Waals surface area contributed by atoms with E-state index in [1.165, 1.54) is 0 Å². The van der Waals surface area contributed by atoms with Crippen LogP contribution < -0.4 is 4.52 Å². The van der Waals surface area contributed by atoms with E-state index < -0.39 is 7.82 Å². The van der Waals surface area contributed by atoms with Crippen molar-refractivity contribution < 1.29 is 18.1 Å². The maximum Gasteiger partial charge on any atom is 0.530 e. The molecular formula is C16H27O4P. The van der Waals surface area contributed by atoms with Gasteiger partial charge in [0.05, 0.1) is 13.2 Å². The lowest BCUT2D eigenvalue weighted by Crippen LogP contribution is -2.05. The zero-order chi connectivity index (χ0) is 15.9. The minimum absolute atomic E-state index is 0.281. The van der Waals surface area contributed by atoms with Gasteiger partial charge < -0.3 is 4.52 Å². The van der Waals surface area contributed by atoms with Crippen LogP contribution >= 0.6 is 7.82 Å². The number of aryl methyl sites for hydroxylation is 1. The highest BCUT2D eigenvalue weighted by Crippen LogP contribution is 2.50. The summed E-state index contributed by atoms with van der Waals surface area (Å²) < 4.78 is 28.6. The highest BCUT2D eigenvalue weighted by molar-refractivity contribution is 7.48. The molecule has 1 rings (SSSR count). The molecule has 1 unspecified atom stereocenters. The van der Waals surface area contributed by atoms with Crippen LogP contribution in [0.25, 0.3) is 0 Å². The van der Waals surface area contributed by atoms with E-state index in [4.69, 9.17) is 13.6 Å². The van der Waals surface area contributed by atoms with Gasteiger partial charge in [-0.15, -0.1) is 0 Å². The molecule has 0 amide bonds. The molecule has 0 heterocycles. The summed E-state index contributed by atoms with van der Waals surface area (Å²) in [5.41, 5.74) is 2.21. The minimum atomic E-state index is -3.54. The lowest BCUT2D eigenvalue weighted by Gasteiger charge is -2.21. The highest BCUT2D eigenvalue weighted by Gasteiger charge is 2.29. The van der Waals surface area contributed by atoms with E-state index in [1.54, 1.807) is 13.8 Å². The Kier molecular flexibility index (Phi) is 7.44. The predicted molar refractivity (Wildman–Crippen MR) is 86.0 cm³/mol. The van der Waals surface area contributed by atoms with Crippen LogP contribution in [0.4, 0.5) is 0 Å². The van der Waals surface area contributed by atoms with Crippen molar-refractivity contribution in [3.05, 3.63) is 29.3 Å². The number of rotatable bonds is 9. The van der Waals surface area contributed by atoms with E-state index in [2.05, 4.69) is 19.9 Å². The molecule has 0 aromatic heterocycles. The molecule has 5 heteroatoms. The molecule has 0 fully saturated rings. The van der Waals surface area contributed by atoms with E-state index in [-0.39, 0.29) is 13.2 Å². The van der Waals surface area contributed by atoms with Crippen LogP contribution in [0, 0.1) is 6.92 Å². The van der Waals surface area contributed by atoms with E-state index in [9.17, 15) is 4.57 Å². The maximum atomic E-state index is 12.5. The molecule has 0 aliphatic rings. The fourth-order valence-corrected chi connectivity index (χ4v) is 3.47. The van der Waals surface area contributed by atoms with Gasteiger partial charge in [-0.3, -0.25) is 9.05 Å². The van der Waals surface area contributed by atoms with Gasteiger partial charge in [-0.2, -0.15) is 0 Å². The van der Waals surface area contributed by atoms with Crippen molar-refractivity contribution in [2.24, 2.45) is 0 Å². The normalized spacial score (nSPS) is 13.2. The van der Waals surface area contributed by atoms with Crippen LogP contribution in [-0.4, -0.2) is 13.2 Å². The Morgan fingerprint density at radius 3 is 2.29 bits per heavy atom. The molecule has 120 valence electrons. The Balaban J connectivity index is 3.08. The van der Waals surface area contributed by atoms with Gasteiger partial charge in [0.1, 0.15) is 5.75 Å². The third kappa shape index (κ3) is 5.46. The van der Waals surface area contributed by atoms with Crippen molar-refractivity contribution in [2.75, 3.05) is 13.2 Å². The van der Waals surface area contributed by atoms with Gasteiger partial charge in [0.25, 0.3) is 0 Å². The van der Waals surface area contributed by atoms with Crippen LogP contribution in [0.3, 0.4) is 0 Å². The van der Waals surface area contributed by atoms with E-state index in [0.29, 0.717) is 11.7 Å². The fourth-order valence-electron chi connectivity index (χ4n) is 2.25. The highest BCUT2D eigenvalue weighted by atomic mass is 31.2. The molecule has 0 bridgehead atoms. The van der Waals surface area contributed by atoms with E-state index >= 15 is 0 Å². The molecule has 1 aromatic carbocycles. The molecule has 1 aromatic rings. The Hall–Kier alpha value is -0.830. The molecule has 0 saturated heterocycles. The van der Waals surface area contributed by atoms with E-state index in [1.807, 2.05) is 19.1 Å². The smallest absolute Gasteiger partial charge is 0.404 e. The number of phosphoric acid groups is 1. The molecule has 0 spiro atoms. The van der Waals surface area contributed by atoms with Gasteiger partial charge in [-0.1, -0.05) is 38.0 Å². The van der Waals surface area contributed by atoms with Gasteiger partial charge in [0, 0.05) is 0 Å². The number of hydrogen-bond acceptors (Lipinski definition) is 4. The van der Waals surface area contributed by atoms with Crippen molar-refractivity contribution in [3.8, 4) is 5.75 Å². The first-order valence-electron chi connectivity index (χ1n) is 7.65. The molecule has 0 saturated carbocycles. The summed E-state index contributed by atoms with van der Waals surface area (Å²) in [4.78, 5) is 0. The summed E-state index contributed by atoms with van der Waals surface area (Å²) in [7, 11) is -3.54. The molecule has 0 aliphatic carbocycles. The first-order valence-corrected chi connectivity index (χ1v) is 9.11. The zero-order valence-electron chi connectivity index (χ0n) is 13.7. The first-order chi connectivity index (χ1) is 9.95. The zero-order valence-corrected chi connectivity index (χ0v) is 14.6.